The van der Waals surface area contributed by atoms with Gasteiger partial charge in [0.15, 0.2) is 0 Å². The molecule has 0 unspecified atom stereocenters. The number of ether oxygens (including phenoxy) is 1. The third kappa shape index (κ3) is 4.98. The summed E-state index contributed by atoms with van der Waals surface area (Å²) in [5, 5.41) is 10.4. The summed E-state index contributed by atoms with van der Waals surface area (Å²) in [7, 11) is 1.61. The monoisotopic (exact) mass is 537 g/mol. The largest absolute Gasteiger partial charge is 0.497 e. The number of nitrogens with zero attached hydrogens (tertiary/aromatic N) is 2. The third-order valence-corrected chi connectivity index (χ3v) is 7.55. The number of carbonyl (C=O) groups is 1. The molecule has 0 aliphatic heterocycles. The topological polar surface area (TPSA) is 56.2 Å². The van der Waals surface area contributed by atoms with E-state index in [2.05, 4.69) is 47.8 Å². The summed E-state index contributed by atoms with van der Waals surface area (Å²) in [6.07, 6.45) is 0. The van der Waals surface area contributed by atoms with Crippen LogP contribution in [0.5, 0.6) is 5.75 Å². The Morgan fingerprint density at radius 2 is 1.51 bits per heavy atom. The zero-order valence-corrected chi connectivity index (χ0v) is 23.4. The highest BCUT2D eigenvalue weighted by atomic mass is 16.5. The first-order valence-electron chi connectivity index (χ1n) is 13.7. The Morgan fingerprint density at radius 3 is 2.27 bits per heavy atom. The third-order valence-electron chi connectivity index (χ3n) is 7.55. The molecule has 0 atom stereocenters. The summed E-state index contributed by atoms with van der Waals surface area (Å²) >= 11 is 0. The number of para-hydroxylation sites is 1. The van der Waals surface area contributed by atoms with Gasteiger partial charge in [0, 0.05) is 17.8 Å². The summed E-state index contributed by atoms with van der Waals surface area (Å²) in [4.78, 5) is 13.9. The first-order chi connectivity index (χ1) is 20.0. The fourth-order valence-electron chi connectivity index (χ4n) is 5.59. The van der Waals surface area contributed by atoms with Crippen LogP contribution in [0.25, 0.3) is 38.7 Å². The second kappa shape index (κ2) is 11.1. The lowest BCUT2D eigenvalue weighted by atomic mass is 9.93. The molecule has 0 saturated heterocycles. The normalized spacial score (nSPS) is 11.0. The Kier molecular flexibility index (Phi) is 7.09. The number of amides is 1. The van der Waals surface area contributed by atoms with Gasteiger partial charge in [-0.05, 0) is 77.2 Å². The number of hydrogen-bond donors (Lipinski definition) is 1. The lowest BCUT2D eigenvalue weighted by Crippen LogP contribution is -2.24. The number of benzene rings is 5. The van der Waals surface area contributed by atoms with Gasteiger partial charge in [0.05, 0.1) is 24.1 Å². The van der Waals surface area contributed by atoms with Crippen LogP contribution in [0.4, 0.5) is 0 Å². The summed E-state index contributed by atoms with van der Waals surface area (Å²) in [5.41, 5.74) is 8.41. The van der Waals surface area contributed by atoms with Crippen molar-refractivity contribution in [3.05, 3.63) is 138 Å². The molecule has 0 aliphatic rings. The van der Waals surface area contributed by atoms with Crippen molar-refractivity contribution in [2.24, 2.45) is 0 Å². The minimum absolute atomic E-state index is 0.169. The van der Waals surface area contributed by atoms with Crippen molar-refractivity contribution in [1.29, 1.82) is 0 Å². The molecule has 6 aromatic rings. The Bertz CT molecular complexity index is 1860. The molecule has 0 bridgehead atoms. The molecule has 0 saturated carbocycles. The van der Waals surface area contributed by atoms with E-state index in [1.807, 2.05) is 91.3 Å². The van der Waals surface area contributed by atoms with Crippen LogP contribution >= 0.6 is 0 Å². The average molecular weight is 538 g/mol. The lowest BCUT2D eigenvalue weighted by molar-refractivity contribution is 0.0951. The van der Waals surface area contributed by atoms with Crippen molar-refractivity contribution in [3.63, 3.8) is 0 Å². The van der Waals surface area contributed by atoms with Crippen LogP contribution in [0.3, 0.4) is 0 Å². The number of methoxy groups -OCH3 is 1. The van der Waals surface area contributed by atoms with Crippen molar-refractivity contribution in [2.75, 3.05) is 7.11 Å². The van der Waals surface area contributed by atoms with E-state index < -0.39 is 0 Å². The van der Waals surface area contributed by atoms with Gasteiger partial charge in [-0.2, -0.15) is 5.10 Å². The van der Waals surface area contributed by atoms with Gasteiger partial charge < -0.3 is 10.1 Å². The summed E-state index contributed by atoms with van der Waals surface area (Å²) in [5.74, 6) is 0.456. The minimum Gasteiger partial charge on any atom is -0.497 e. The maximum atomic E-state index is 13.9. The van der Waals surface area contributed by atoms with Crippen molar-refractivity contribution in [2.45, 2.75) is 20.4 Å². The van der Waals surface area contributed by atoms with Gasteiger partial charge in [-0.25, -0.2) is 4.68 Å². The molecule has 1 aromatic heterocycles. The summed E-state index contributed by atoms with van der Waals surface area (Å²) in [6.45, 7) is 4.40. The van der Waals surface area contributed by atoms with E-state index >= 15 is 0 Å². The smallest absolute Gasteiger partial charge is 0.252 e. The van der Waals surface area contributed by atoms with Gasteiger partial charge in [0.2, 0.25) is 0 Å². The van der Waals surface area contributed by atoms with Gasteiger partial charge in [0.1, 0.15) is 5.75 Å². The second-order valence-electron chi connectivity index (χ2n) is 10.1. The first-order valence-corrected chi connectivity index (χ1v) is 13.7. The predicted octanol–water partition coefficient (Wildman–Crippen LogP) is 7.91. The standard InChI is InChI=1S/C36H31N3O2/c1-24-34(25(2)39(38-24)29-15-8-5-9-16-29)32-21-20-30(41-3)22-33(32)36(40)37-23-28-19-18-26-12-10-11-17-31(26)35(28)27-13-6-4-7-14-27/h4-22H,23H2,1-3H3,(H,37,40). The van der Waals surface area contributed by atoms with Crippen molar-refractivity contribution >= 4 is 16.7 Å². The van der Waals surface area contributed by atoms with E-state index in [9.17, 15) is 4.79 Å². The van der Waals surface area contributed by atoms with Gasteiger partial charge in [-0.1, -0.05) is 84.9 Å². The van der Waals surface area contributed by atoms with E-state index in [1.165, 1.54) is 0 Å². The fourth-order valence-corrected chi connectivity index (χ4v) is 5.59. The van der Waals surface area contributed by atoms with E-state index in [-0.39, 0.29) is 5.91 Å². The van der Waals surface area contributed by atoms with Crippen LogP contribution in [0.1, 0.15) is 27.3 Å². The maximum absolute atomic E-state index is 13.9. The predicted molar refractivity (Wildman–Crippen MR) is 166 cm³/mol. The molecule has 0 fully saturated rings. The summed E-state index contributed by atoms with van der Waals surface area (Å²) < 4.78 is 7.45. The number of hydrogen-bond acceptors (Lipinski definition) is 3. The van der Waals surface area contributed by atoms with Crippen molar-refractivity contribution < 1.29 is 9.53 Å². The highest BCUT2D eigenvalue weighted by Crippen LogP contribution is 2.35. The number of aromatic nitrogens is 2. The van der Waals surface area contributed by atoms with Gasteiger partial charge in [0.25, 0.3) is 5.91 Å². The molecule has 0 radical (unpaired) electrons. The number of aryl methyl sites for hydroxylation is 1. The highest BCUT2D eigenvalue weighted by molar-refractivity contribution is 6.02. The molecule has 41 heavy (non-hydrogen) atoms. The Morgan fingerprint density at radius 1 is 0.805 bits per heavy atom. The maximum Gasteiger partial charge on any atom is 0.252 e. The van der Waals surface area contributed by atoms with Crippen molar-refractivity contribution in [1.82, 2.24) is 15.1 Å². The molecule has 1 amide bonds. The van der Waals surface area contributed by atoms with Crippen LogP contribution in [0.15, 0.2) is 115 Å². The second-order valence-corrected chi connectivity index (χ2v) is 10.1. The molecular formula is C36H31N3O2. The van der Waals surface area contributed by atoms with Crippen LogP contribution in [0, 0.1) is 13.8 Å². The first kappa shape index (κ1) is 26.1. The van der Waals surface area contributed by atoms with Crippen LogP contribution in [0.2, 0.25) is 0 Å². The molecule has 0 aliphatic carbocycles. The average Bonchev–Trinajstić information content (AvgIpc) is 3.33. The van der Waals surface area contributed by atoms with E-state index in [0.29, 0.717) is 17.9 Å². The lowest BCUT2D eigenvalue weighted by Gasteiger charge is -2.16. The molecule has 0 spiro atoms. The number of rotatable bonds is 7. The Balaban J connectivity index is 1.38. The zero-order chi connectivity index (χ0) is 28.3. The molecule has 5 nitrogen and oxygen atoms in total. The van der Waals surface area contributed by atoms with E-state index in [4.69, 9.17) is 9.84 Å². The Labute approximate surface area is 240 Å². The number of nitrogens with one attached hydrogen (secondary N) is 1. The molecule has 5 aromatic carbocycles. The van der Waals surface area contributed by atoms with Gasteiger partial charge in [-0.3, -0.25) is 4.79 Å². The molecule has 1 N–H and O–H groups in total. The molecule has 202 valence electrons. The number of fused-ring (bicyclic) bond motifs is 1. The number of carbonyl (C=O) groups excluding carboxylic acids is 1. The SMILES string of the molecule is COc1ccc(-c2c(C)nn(-c3ccccc3)c2C)c(C(=O)NCc2ccc3ccccc3c2-c2ccccc2)c1. The minimum atomic E-state index is -0.169. The van der Waals surface area contributed by atoms with Crippen LogP contribution in [-0.2, 0) is 6.54 Å². The Hall–Kier alpha value is -5.16. The zero-order valence-electron chi connectivity index (χ0n) is 23.4. The highest BCUT2D eigenvalue weighted by Gasteiger charge is 2.22. The molecule has 1 heterocycles. The van der Waals surface area contributed by atoms with E-state index in [1.54, 1.807) is 7.11 Å². The van der Waals surface area contributed by atoms with Gasteiger partial charge >= 0.3 is 0 Å². The van der Waals surface area contributed by atoms with Crippen molar-refractivity contribution in [3.8, 4) is 33.7 Å². The van der Waals surface area contributed by atoms with Crippen LogP contribution < -0.4 is 10.1 Å². The fraction of sp³-hybridized carbons (Fsp3) is 0.111. The quantitative estimate of drug-likeness (QED) is 0.225. The molecule has 6 rings (SSSR count). The molecule has 5 heteroatoms. The van der Waals surface area contributed by atoms with Gasteiger partial charge in [-0.15, -0.1) is 0 Å². The van der Waals surface area contributed by atoms with E-state index in [0.717, 1.165) is 55.7 Å². The van der Waals surface area contributed by atoms with Crippen LogP contribution in [-0.4, -0.2) is 22.8 Å². The molecular weight excluding hydrogens is 506 g/mol. The summed E-state index contributed by atoms with van der Waals surface area (Å²) in [6, 6.07) is 38.6.